The third kappa shape index (κ3) is 3.92. The average Bonchev–Trinajstić information content (AvgIpc) is 2.59. The molecule has 0 saturated carbocycles. The summed E-state index contributed by atoms with van der Waals surface area (Å²) in [5.74, 6) is -0.00400. The van der Waals surface area contributed by atoms with Crippen LogP contribution in [0.1, 0.15) is 57.4 Å². The first-order valence-electron chi connectivity index (χ1n) is 9.51. The zero-order chi connectivity index (χ0) is 18.9. The van der Waals surface area contributed by atoms with Crippen LogP contribution in [0.2, 0.25) is 0 Å². The van der Waals surface area contributed by atoms with E-state index in [1.807, 2.05) is 32.0 Å². The molecule has 2 unspecified atom stereocenters. The van der Waals surface area contributed by atoms with Gasteiger partial charge in [-0.25, -0.2) is 0 Å². The van der Waals surface area contributed by atoms with E-state index in [0.29, 0.717) is 0 Å². The van der Waals surface area contributed by atoms with Crippen LogP contribution in [-0.2, 0) is 16.6 Å². The summed E-state index contributed by atoms with van der Waals surface area (Å²) < 4.78 is 0. The van der Waals surface area contributed by atoms with E-state index >= 15 is 0 Å². The van der Waals surface area contributed by atoms with Crippen molar-refractivity contribution in [1.82, 2.24) is 5.32 Å². The summed E-state index contributed by atoms with van der Waals surface area (Å²) in [4.78, 5) is 12.9. The number of hydrogen-bond donors (Lipinski definition) is 2. The van der Waals surface area contributed by atoms with Crippen LogP contribution >= 0.6 is 0 Å². The van der Waals surface area contributed by atoms with Crippen molar-refractivity contribution in [2.24, 2.45) is 5.92 Å². The maximum Gasteiger partial charge on any atom is 0.226 e. The van der Waals surface area contributed by atoms with E-state index in [-0.39, 0.29) is 29.3 Å². The molecule has 2 aromatic carbocycles. The van der Waals surface area contributed by atoms with Crippen LogP contribution in [0.3, 0.4) is 0 Å². The maximum absolute atomic E-state index is 12.9. The van der Waals surface area contributed by atoms with Gasteiger partial charge < -0.3 is 10.6 Å². The molecule has 1 aliphatic rings. The Hall–Kier alpha value is -2.29. The summed E-state index contributed by atoms with van der Waals surface area (Å²) >= 11 is 0. The van der Waals surface area contributed by atoms with Crippen LogP contribution in [0.5, 0.6) is 0 Å². The van der Waals surface area contributed by atoms with Gasteiger partial charge in [0.05, 0.1) is 12.0 Å². The van der Waals surface area contributed by atoms with Gasteiger partial charge in [-0.05, 0) is 48.4 Å². The molecule has 0 radical (unpaired) electrons. The lowest BCUT2D eigenvalue weighted by atomic mass is 9.79. The second-order valence-corrected chi connectivity index (χ2v) is 8.63. The van der Waals surface area contributed by atoms with E-state index in [1.54, 1.807) is 0 Å². The lowest BCUT2D eigenvalue weighted by Gasteiger charge is -2.35. The zero-order valence-corrected chi connectivity index (χ0v) is 16.5. The minimum absolute atomic E-state index is 0.0112. The number of carbonyl (C=O) groups excluding carboxylic acids is 1. The van der Waals surface area contributed by atoms with Crippen LogP contribution < -0.4 is 10.6 Å². The number of anilines is 1. The first-order valence-corrected chi connectivity index (χ1v) is 9.51. The maximum atomic E-state index is 12.9. The number of fused-ring (bicyclic) bond motifs is 1. The molecule has 1 amide bonds. The fourth-order valence-electron chi connectivity index (χ4n) is 3.60. The number of amides is 1. The van der Waals surface area contributed by atoms with Gasteiger partial charge in [0, 0.05) is 11.7 Å². The highest BCUT2D eigenvalue weighted by atomic mass is 16.2. The van der Waals surface area contributed by atoms with Gasteiger partial charge in [-0.2, -0.15) is 0 Å². The third-order valence-corrected chi connectivity index (χ3v) is 5.05. The van der Waals surface area contributed by atoms with Crippen molar-refractivity contribution < 1.29 is 4.79 Å². The van der Waals surface area contributed by atoms with E-state index in [0.717, 1.165) is 17.7 Å². The smallest absolute Gasteiger partial charge is 0.226 e. The molecule has 2 atom stereocenters. The predicted molar refractivity (Wildman–Crippen MR) is 108 cm³/mol. The average molecular weight is 351 g/mol. The molecule has 1 aliphatic heterocycles. The van der Waals surface area contributed by atoms with Crippen molar-refractivity contribution in [3.8, 4) is 0 Å². The van der Waals surface area contributed by atoms with Gasteiger partial charge >= 0.3 is 0 Å². The molecule has 3 nitrogen and oxygen atoms in total. The fraction of sp³-hybridized carbons (Fsp3) is 0.435. The summed E-state index contributed by atoms with van der Waals surface area (Å²) in [5, 5.41) is 6.74. The van der Waals surface area contributed by atoms with Crippen molar-refractivity contribution in [3.05, 3.63) is 65.2 Å². The van der Waals surface area contributed by atoms with Crippen LogP contribution in [0.15, 0.2) is 48.5 Å². The minimum Gasteiger partial charge on any atom is -0.377 e. The normalized spacial score (nSPS) is 19.6. The Bertz CT molecular complexity index is 775. The van der Waals surface area contributed by atoms with Crippen LogP contribution in [0.25, 0.3) is 0 Å². The molecule has 3 rings (SSSR count). The summed E-state index contributed by atoms with van der Waals surface area (Å²) in [7, 11) is 0. The number of hydrogen-bond acceptors (Lipinski definition) is 2. The van der Waals surface area contributed by atoms with E-state index in [2.05, 4.69) is 61.7 Å². The van der Waals surface area contributed by atoms with Crippen molar-refractivity contribution in [1.29, 1.82) is 0 Å². The number of nitrogens with one attached hydrogen (secondary N) is 2. The highest BCUT2D eigenvalue weighted by Crippen LogP contribution is 2.38. The topological polar surface area (TPSA) is 41.1 Å². The van der Waals surface area contributed by atoms with E-state index in [9.17, 15) is 4.79 Å². The van der Waals surface area contributed by atoms with Gasteiger partial charge in [0.2, 0.25) is 5.91 Å². The molecule has 2 aromatic rings. The lowest BCUT2D eigenvalue weighted by molar-refractivity contribution is -0.126. The number of carbonyl (C=O) groups is 1. The summed E-state index contributed by atoms with van der Waals surface area (Å²) in [6, 6.07) is 17.0. The molecular weight excluding hydrogens is 320 g/mol. The van der Waals surface area contributed by atoms with Gasteiger partial charge in [0.1, 0.15) is 0 Å². The van der Waals surface area contributed by atoms with Gasteiger partial charge in [0.25, 0.3) is 0 Å². The molecular formula is C23H30N2O. The first kappa shape index (κ1) is 18.5. The van der Waals surface area contributed by atoms with Crippen LogP contribution in [0, 0.1) is 5.92 Å². The molecule has 0 bridgehead atoms. The number of benzene rings is 2. The molecule has 0 saturated heterocycles. The molecule has 138 valence electrons. The largest absolute Gasteiger partial charge is 0.377 e. The molecule has 2 N–H and O–H groups in total. The minimum atomic E-state index is -0.123. The standard InChI is InChI=1S/C23H30N2O/c1-15(2)24-22(26)19-14-17-13-18(23(3,4)5)11-12-20(17)25-21(19)16-9-7-6-8-10-16/h6-13,15,19,21,25H,14H2,1-5H3,(H,24,26). The third-order valence-electron chi connectivity index (χ3n) is 5.05. The second-order valence-electron chi connectivity index (χ2n) is 8.63. The molecule has 0 aromatic heterocycles. The van der Waals surface area contributed by atoms with Gasteiger partial charge in [-0.15, -0.1) is 0 Å². The van der Waals surface area contributed by atoms with Gasteiger partial charge in [-0.1, -0.05) is 63.2 Å². The number of rotatable bonds is 3. The Morgan fingerprint density at radius 1 is 1.12 bits per heavy atom. The van der Waals surface area contributed by atoms with Crippen molar-refractivity contribution in [2.75, 3.05) is 5.32 Å². The Kier molecular flexibility index (Phi) is 5.08. The molecule has 0 spiro atoms. The summed E-state index contributed by atoms with van der Waals surface area (Å²) in [6.07, 6.45) is 0.754. The van der Waals surface area contributed by atoms with E-state index in [1.165, 1.54) is 11.1 Å². The predicted octanol–water partition coefficient (Wildman–Crippen LogP) is 4.83. The van der Waals surface area contributed by atoms with E-state index < -0.39 is 0 Å². The molecule has 26 heavy (non-hydrogen) atoms. The highest BCUT2D eigenvalue weighted by Gasteiger charge is 2.35. The first-order chi connectivity index (χ1) is 12.3. The van der Waals surface area contributed by atoms with E-state index in [4.69, 9.17) is 0 Å². The Balaban J connectivity index is 1.99. The quantitative estimate of drug-likeness (QED) is 0.832. The SMILES string of the molecule is CC(C)NC(=O)C1Cc2cc(C(C)(C)C)ccc2NC1c1ccccc1. The lowest BCUT2D eigenvalue weighted by Crippen LogP contribution is -2.42. The second kappa shape index (κ2) is 7.14. The fourth-order valence-corrected chi connectivity index (χ4v) is 3.60. The Morgan fingerprint density at radius 3 is 2.42 bits per heavy atom. The van der Waals surface area contributed by atoms with Crippen molar-refractivity contribution >= 4 is 11.6 Å². The van der Waals surface area contributed by atoms with Gasteiger partial charge in [-0.3, -0.25) is 4.79 Å². The van der Waals surface area contributed by atoms with Crippen LogP contribution in [-0.4, -0.2) is 11.9 Å². The van der Waals surface area contributed by atoms with Crippen molar-refractivity contribution in [3.63, 3.8) is 0 Å². The molecule has 0 fully saturated rings. The van der Waals surface area contributed by atoms with Crippen molar-refractivity contribution in [2.45, 2.75) is 58.5 Å². The molecule has 3 heteroatoms. The van der Waals surface area contributed by atoms with Crippen LogP contribution in [0.4, 0.5) is 5.69 Å². The molecule has 0 aliphatic carbocycles. The zero-order valence-electron chi connectivity index (χ0n) is 16.5. The summed E-state index contributed by atoms with van der Waals surface area (Å²) in [6.45, 7) is 10.7. The molecule has 1 heterocycles. The Labute approximate surface area is 157 Å². The Morgan fingerprint density at radius 2 is 1.81 bits per heavy atom. The summed E-state index contributed by atoms with van der Waals surface area (Å²) in [5.41, 5.74) is 4.93. The monoisotopic (exact) mass is 350 g/mol. The van der Waals surface area contributed by atoms with Gasteiger partial charge in [0.15, 0.2) is 0 Å². The highest BCUT2D eigenvalue weighted by molar-refractivity contribution is 5.82.